The average Bonchev–Trinajstić information content (AvgIpc) is 3.51. The third-order valence-electron chi connectivity index (χ3n) is 6.76. The fourth-order valence-electron chi connectivity index (χ4n) is 4.80. The Morgan fingerprint density at radius 3 is 2.51 bits per heavy atom. The molecule has 1 amide bonds. The van der Waals surface area contributed by atoms with Crippen molar-refractivity contribution in [3.63, 3.8) is 0 Å². The number of fused-ring (bicyclic) bond motifs is 1. The predicted molar refractivity (Wildman–Crippen MR) is 136 cm³/mol. The van der Waals surface area contributed by atoms with E-state index >= 15 is 0 Å². The molecule has 8 nitrogen and oxygen atoms in total. The van der Waals surface area contributed by atoms with Crippen molar-refractivity contribution in [1.29, 1.82) is 0 Å². The second kappa shape index (κ2) is 9.48. The van der Waals surface area contributed by atoms with Gasteiger partial charge >= 0.3 is 0 Å². The zero-order valence-corrected chi connectivity index (χ0v) is 22.1. The van der Waals surface area contributed by atoms with Gasteiger partial charge in [0.05, 0.1) is 5.69 Å². The molecule has 0 unspecified atom stereocenters. The van der Waals surface area contributed by atoms with Crippen LogP contribution in [0.3, 0.4) is 0 Å². The van der Waals surface area contributed by atoms with Crippen LogP contribution >= 0.6 is 15.9 Å². The standard InChI is InChI=1S/C25H27BrN4O4S/c1-3-22(31)30-13-10-19-14-20(26)15-21(23(19)30)35(32,33)29-11-8-18(9-12-29)25-28-27-24(34-25)17-6-4-16(2)5-7-17/h4-7,14-15,18H,3,8-13H2,1-2H3. The van der Waals surface area contributed by atoms with Crippen LogP contribution in [-0.2, 0) is 21.2 Å². The Balaban J connectivity index is 1.35. The molecule has 2 aliphatic rings. The van der Waals surface area contributed by atoms with Crippen LogP contribution in [-0.4, -0.2) is 48.5 Å². The quantitative estimate of drug-likeness (QED) is 0.451. The highest BCUT2D eigenvalue weighted by Gasteiger charge is 2.37. The number of aryl methyl sites for hydroxylation is 1. The summed E-state index contributed by atoms with van der Waals surface area (Å²) in [5.74, 6) is 0.947. The zero-order valence-electron chi connectivity index (χ0n) is 19.7. The summed E-state index contributed by atoms with van der Waals surface area (Å²) in [5.41, 5.74) is 3.43. The summed E-state index contributed by atoms with van der Waals surface area (Å²) in [4.78, 5) is 14.3. The number of amides is 1. The van der Waals surface area contributed by atoms with E-state index in [9.17, 15) is 13.2 Å². The third-order valence-corrected chi connectivity index (χ3v) is 9.13. The Bertz CT molecular complexity index is 1360. The van der Waals surface area contributed by atoms with Crippen molar-refractivity contribution in [2.45, 2.75) is 50.3 Å². The maximum Gasteiger partial charge on any atom is 0.247 e. The molecule has 0 N–H and O–H groups in total. The molecule has 184 valence electrons. The third kappa shape index (κ3) is 4.54. The van der Waals surface area contributed by atoms with E-state index in [-0.39, 0.29) is 16.7 Å². The number of benzene rings is 2. The number of carbonyl (C=O) groups is 1. The van der Waals surface area contributed by atoms with E-state index in [1.807, 2.05) is 37.3 Å². The second-order valence-corrected chi connectivity index (χ2v) is 11.9. The first-order chi connectivity index (χ1) is 16.8. The Morgan fingerprint density at radius 2 is 1.83 bits per heavy atom. The lowest BCUT2D eigenvalue weighted by Crippen LogP contribution is -2.39. The molecule has 0 bridgehead atoms. The van der Waals surface area contributed by atoms with Gasteiger partial charge in [-0.1, -0.05) is 40.5 Å². The van der Waals surface area contributed by atoms with E-state index in [1.54, 1.807) is 17.9 Å². The molecule has 2 aromatic carbocycles. The van der Waals surface area contributed by atoms with Crippen molar-refractivity contribution >= 4 is 37.5 Å². The largest absolute Gasteiger partial charge is 0.420 e. The molecule has 10 heteroatoms. The smallest absolute Gasteiger partial charge is 0.247 e. The number of hydrogen-bond donors (Lipinski definition) is 0. The number of nitrogens with zero attached hydrogens (tertiary/aromatic N) is 4. The van der Waals surface area contributed by atoms with Crippen LogP contribution in [0.25, 0.3) is 11.5 Å². The van der Waals surface area contributed by atoms with Gasteiger partial charge in [-0.2, -0.15) is 4.31 Å². The molecule has 3 heterocycles. The van der Waals surface area contributed by atoms with E-state index in [4.69, 9.17) is 4.42 Å². The van der Waals surface area contributed by atoms with Crippen molar-refractivity contribution in [2.75, 3.05) is 24.5 Å². The highest BCUT2D eigenvalue weighted by atomic mass is 79.9. The fraction of sp³-hybridized carbons (Fsp3) is 0.400. The van der Waals surface area contributed by atoms with E-state index in [0.29, 0.717) is 67.3 Å². The first-order valence-corrected chi connectivity index (χ1v) is 14.0. The van der Waals surface area contributed by atoms with Crippen LogP contribution < -0.4 is 4.90 Å². The Kier molecular flexibility index (Phi) is 6.54. The number of anilines is 1. The minimum atomic E-state index is -3.79. The molecule has 1 saturated heterocycles. The van der Waals surface area contributed by atoms with Gasteiger partial charge in [-0.15, -0.1) is 10.2 Å². The number of hydrogen-bond acceptors (Lipinski definition) is 6. The number of sulfonamides is 1. The molecule has 0 spiro atoms. The van der Waals surface area contributed by atoms with Crippen LogP contribution in [0.1, 0.15) is 49.1 Å². The van der Waals surface area contributed by atoms with Crippen LogP contribution in [0.15, 0.2) is 50.2 Å². The van der Waals surface area contributed by atoms with Crippen LogP contribution in [0.4, 0.5) is 5.69 Å². The van der Waals surface area contributed by atoms with E-state index in [2.05, 4.69) is 26.1 Å². The summed E-state index contributed by atoms with van der Waals surface area (Å²) < 4.78 is 35.6. The lowest BCUT2D eigenvalue weighted by Gasteiger charge is -2.31. The normalized spacial score (nSPS) is 17.1. The van der Waals surface area contributed by atoms with Gasteiger partial charge in [-0.3, -0.25) is 4.79 Å². The summed E-state index contributed by atoms with van der Waals surface area (Å²) in [6.07, 6.45) is 2.14. The van der Waals surface area contributed by atoms with Crippen molar-refractivity contribution in [1.82, 2.24) is 14.5 Å². The predicted octanol–water partition coefficient (Wildman–Crippen LogP) is 4.67. The monoisotopic (exact) mass is 558 g/mol. The maximum absolute atomic E-state index is 13.7. The highest BCUT2D eigenvalue weighted by molar-refractivity contribution is 9.10. The molecule has 0 radical (unpaired) electrons. The molecule has 3 aromatic rings. The van der Waals surface area contributed by atoms with Gasteiger partial charge in [-0.05, 0) is 56.0 Å². The van der Waals surface area contributed by atoms with Gasteiger partial charge in [0, 0.05) is 42.0 Å². The fourth-order valence-corrected chi connectivity index (χ4v) is 7.19. The van der Waals surface area contributed by atoms with Gasteiger partial charge in [0.25, 0.3) is 0 Å². The summed E-state index contributed by atoms with van der Waals surface area (Å²) in [6.45, 7) is 5.01. The van der Waals surface area contributed by atoms with Crippen LogP contribution in [0, 0.1) is 6.92 Å². The molecule has 35 heavy (non-hydrogen) atoms. The van der Waals surface area contributed by atoms with Crippen molar-refractivity contribution in [3.05, 3.63) is 57.9 Å². The zero-order chi connectivity index (χ0) is 24.7. The second-order valence-electron chi connectivity index (χ2n) is 9.05. The number of piperidine rings is 1. The highest BCUT2D eigenvalue weighted by Crippen LogP contribution is 2.40. The van der Waals surface area contributed by atoms with E-state index in [0.717, 1.165) is 16.7 Å². The molecule has 0 atom stereocenters. The number of rotatable bonds is 5. The summed E-state index contributed by atoms with van der Waals surface area (Å²) >= 11 is 3.46. The lowest BCUT2D eigenvalue weighted by molar-refractivity contribution is -0.118. The van der Waals surface area contributed by atoms with Gasteiger partial charge < -0.3 is 9.32 Å². The summed E-state index contributed by atoms with van der Waals surface area (Å²) in [7, 11) is -3.79. The number of carbonyl (C=O) groups excluding carboxylic acids is 1. The first kappa shape index (κ1) is 24.1. The topological polar surface area (TPSA) is 96.6 Å². The Labute approximate surface area is 213 Å². The lowest BCUT2D eigenvalue weighted by atomic mass is 9.98. The maximum atomic E-state index is 13.7. The minimum absolute atomic E-state index is 0.000426. The minimum Gasteiger partial charge on any atom is -0.420 e. The van der Waals surface area contributed by atoms with Crippen molar-refractivity contribution < 1.29 is 17.6 Å². The Morgan fingerprint density at radius 1 is 1.11 bits per heavy atom. The van der Waals surface area contributed by atoms with E-state index in [1.165, 1.54) is 4.31 Å². The van der Waals surface area contributed by atoms with Gasteiger partial charge in [-0.25, -0.2) is 8.42 Å². The molecule has 0 aliphatic carbocycles. The molecule has 1 aromatic heterocycles. The number of halogens is 1. The summed E-state index contributed by atoms with van der Waals surface area (Å²) in [6, 6.07) is 11.4. The average molecular weight is 559 g/mol. The SMILES string of the molecule is CCC(=O)N1CCc2cc(Br)cc(S(=O)(=O)N3CCC(c4nnc(-c5ccc(C)cc5)o4)CC3)c21. The molecule has 5 rings (SSSR count). The van der Waals surface area contributed by atoms with Crippen LogP contribution in [0.5, 0.6) is 0 Å². The number of aromatic nitrogens is 2. The summed E-state index contributed by atoms with van der Waals surface area (Å²) in [5, 5.41) is 8.44. The van der Waals surface area contributed by atoms with Gasteiger partial charge in [0.2, 0.25) is 27.7 Å². The van der Waals surface area contributed by atoms with Crippen molar-refractivity contribution in [3.8, 4) is 11.5 Å². The molecule has 0 saturated carbocycles. The van der Waals surface area contributed by atoms with Crippen LogP contribution in [0.2, 0.25) is 0 Å². The molecular formula is C25H27BrN4O4S. The molecule has 1 fully saturated rings. The van der Waals surface area contributed by atoms with E-state index < -0.39 is 10.0 Å². The van der Waals surface area contributed by atoms with Crippen molar-refractivity contribution in [2.24, 2.45) is 0 Å². The van der Waals surface area contributed by atoms with Gasteiger partial charge in [0.1, 0.15) is 4.90 Å². The van der Waals surface area contributed by atoms with Gasteiger partial charge in [0.15, 0.2) is 0 Å². The Hall–Kier alpha value is -2.56. The molecular weight excluding hydrogens is 532 g/mol. The first-order valence-electron chi connectivity index (χ1n) is 11.8. The molecule has 2 aliphatic heterocycles.